The number of aromatic nitrogens is 1. The highest BCUT2D eigenvalue weighted by Crippen LogP contribution is 2.30. The fraction of sp³-hybridized carbons (Fsp3) is 0. The van der Waals surface area contributed by atoms with E-state index in [1.165, 1.54) is 12.3 Å². The quantitative estimate of drug-likeness (QED) is 0.714. The van der Waals surface area contributed by atoms with Gasteiger partial charge in [-0.15, -0.1) is 0 Å². The number of pyridine rings is 1. The van der Waals surface area contributed by atoms with Crippen LogP contribution in [-0.2, 0) is 0 Å². The largest absolute Gasteiger partial charge is 0.438 e. The van der Waals surface area contributed by atoms with E-state index in [9.17, 15) is 4.39 Å². The van der Waals surface area contributed by atoms with E-state index >= 15 is 0 Å². The molecule has 0 aliphatic rings. The second kappa shape index (κ2) is 5.33. The summed E-state index contributed by atoms with van der Waals surface area (Å²) in [6, 6.07) is 6.12. The molecule has 6 heteroatoms. The second-order valence-electron chi connectivity index (χ2n) is 3.12. The second-order valence-corrected chi connectivity index (χ2v) is 5.26. The van der Waals surface area contributed by atoms with Crippen LogP contribution in [0.3, 0.4) is 0 Å². The molecule has 0 N–H and O–H groups in total. The van der Waals surface area contributed by atoms with E-state index in [4.69, 9.17) is 16.3 Å². The van der Waals surface area contributed by atoms with Gasteiger partial charge in [0.25, 0.3) is 0 Å². The van der Waals surface area contributed by atoms with Crippen molar-refractivity contribution in [2.75, 3.05) is 0 Å². The number of nitrogens with zero attached hydrogens (tertiary/aromatic N) is 1. The van der Waals surface area contributed by atoms with E-state index < -0.39 is 5.82 Å². The summed E-state index contributed by atoms with van der Waals surface area (Å²) in [4.78, 5) is 3.99. The van der Waals surface area contributed by atoms with Crippen molar-refractivity contribution in [3.8, 4) is 11.6 Å². The van der Waals surface area contributed by atoms with Crippen molar-refractivity contribution in [3.63, 3.8) is 0 Å². The van der Waals surface area contributed by atoms with Gasteiger partial charge in [-0.05, 0) is 50.1 Å². The number of hydrogen-bond acceptors (Lipinski definition) is 2. The topological polar surface area (TPSA) is 22.1 Å². The Morgan fingerprint density at radius 2 is 1.94 bits per heavy atom. The van der Waals surface area contributed by atoms with Gasteiger partial charge in [0.2, 0.25) is 5.88 Å². The van der Waals surface area contributed by atoms with Crippen LogP contribution in [0, 0.1) is 5.82 Å². The van der Waals surface area contributed by atoms with Gasteiger partial charge in [0.1, 0.15) is 11.6 Å². The minimum absolute atomic E-state index is 0.330. The van der Waals surface area contributed by atoms with Gasteiger partial charge in [-0.1, -0.05) is 11.6 Å². The van der Waals surface area contributed by atoms with Gasteiger partial charge in [0.15, 0.2) is 0 Å². The highest BCUT2D eigenvalue weighted by atomic mass is 79.9. The Kier molecular flexibility index (Phi) is 4.01. The van der Waals surface area contributed by atoms with Gasteiger partial charge >= 0.3 is 0 Å². The Morgan fingerprint density at radius 1 is 1.18 bits per heavy atom. The van der Waals surface area contributed by atoms with E-state index in [0.29, 0.717) is 25.6 Å². The lowest BCUT2D eigenvalue weighted by Gasteiger charge is -2.07. The summed E-state index contributed by atoms with van der Waals surface area (Å²) < 4.78 is 19.7. The van der Waals surface area contributed by atoms with Crippen LogP contribution in [0.1, 0.15) is 0 Å². The predicted molar refractivity (Wildman–Crippen MR) is 71.1 cm³/mol. The molecule has 0 atom stereocenters. The van der Waals surface area contributed by atoms with Gasteiger partial charge in [-0.3, -0.25) is 0 Å². The third kappa shape index (κ3) is 3.18. The zero-order chi connectivity index (χ0) is 12.4. The first kappa shape index (κ1) is 12.8. The highest BCUT2D eigenvalue weighted by molar-refractivity contribution is 9.10. The predicted octanol–water partition coefficient (Wildman–Crippen LogP) is 5.19. The lowest BCUT2D eigenvalue weighted by molar-refractivity contribution is 0.454. The molecule has 0 bridgehead atoms. The van der Waals surface area contributed by atoms with Crippen molar-refractivity contribution in [1.82, 2.24) is 4.98 Å². The molecular formula is C11H5Br2ClFNO. The van der Waals surface area contributed by atoms with E-state index in [1.54, 1.807) is 18.2 Å². The fourth-order valence-electron chi connectivity index (χ4n) is 1.13. The minimum Gasteiger partial charge on any atom is -0.438 e. The average Bonchev–Trinajstić information content (AvgIpc) is 2.27. The van der Waals surface area contributed by atoms with Crippen LogP contribution in [0.4, 0.5) is 4.39 Å². The van der Waals surface area contributed by atoms with Crippen LogP contribution in [0.5, 0.6) is 11.6 Å². The maximum atomic E-state index is 13.3. The van der Waals surface area contributed by atoms with Crippen molar-refractivity contribution < 1.29 is 9.13 Å². The zero-order valence-corrected chi connectivity index (χ0v) is 12.2. The van der Waals surface area contributed by atoms with Crippen LogP contribution in [0.25, 0.3) is 0 Å². The van der Waals surface area contributed by atoms with Crippen molar-refractivity contribution >= 4 is 43.5 Å². The molecular weight excluding hydrogens is 376 g/mol. The average molecular weight is 381 g/mol. The summed E-state index contributed by atoms with van der Waals surface area (Å²) in [5.74, 6) is 0.296. The van der Waals surface area contributed by atoms with Crippen molar-refractivity contribution in [1.29, 1.82) is 0 Å². The summed E-state index contributed by atoms with van der Waals surface area (Å²) in [6.45, 7) is 0. The van der Waals surface area contributed by atoms with E-state index in [-0.39, 0.29) is 0 Å². The molecule has 88 valence electrons. The van der Waals surface area contributed by atoms with Crippen LogP contribution in [0.15, 0.2) is 39.4 Å². The van der Waals surface area contributed by atoms with E-state index in [1.807, 2.05) is 0 Å². The summed E-state index contributed by atoms with van der Waals surface area (Å²) in [5, 5.41) is 0.492. The Hall–Kier alpha value is -0.650. The number of rotatable bonds is 2. The fourth-order valence-corrected chi connectivity index (χ4v) is 2.10. The summed E-state index contributed by atoms with van der Waals surface area (Å²) >= 11 is 12.1. The first-order valence-corrected chi connectivity index (χ1v) is 6.46. The van der Waals surface area contributed by atoms with E-state index in [0.717, 1.165) is 0 Å². The zero-order valence-electron chi connectivity index (χ0n) is 8.25. The Bertz CT molecular complexity index is 565. The molecule has 0 amide bonds. The van der Waals surface area contributed by atoms with Gasteiger partial charge in [0, 0.05) is 12.3 Å². The van der Waals surface area contributed by atoms with Crippen molar-refractivity contribution in [3.05, 3.63) is 50.2 Å². The molecule has 0 aliphatic heterocycles. The molecule has 0 aliphatic carbocycles. The highest BCUT2D eigenvalue weighted by Gasteiger charge is 2.07. The molecule has 1 aromatic carbocycles. The number of halogens is 4. The van der Waals surface area contributed by atoms with Crippen LogP contribution < -0.4 is 4.74 Å². The van der Waals surface area contributed by atoms with Crippen molar-refractivity contribution in [2.24, 2.45) is 0 Å². The number of ether oxygens (including phenoxy) is 1. The third-order valence-corrected chi connectivity index (χ3v) is 3.30. The smallest absolute Gasteiger partial charge is 0.233 e. The van der Waals surface area contributed by atoms with Gasteiger partial charge in [-0.25, -0.2) is 9.37 Å². The van der Waals surface area contributed by atoms with Crippen LogP contribution >= 0.6 is 43.5 Å². The summed E-state index contributed by atoms with van der Waals surface area (Å²) in [5.41, 5.74) is 0. The SMILES string of the molecule is Fc1cc(Oc2ncc(Cl)cc2Br)ccc1Br. The van der Waals surface area contributed by atoms with Gasteiger partial charge in [-0.2, -0.15) is 0 Å². The Labute approximate surface area is 119 Å². The van der Waals surface area contributed by atoms with Crippen molar-refractivity contribution in [2.45, 2.75) is 0 Å². The van der Waals surface area contributed by atoms with Gasteiger partial charge in [0.05, 0.1) is 14.0 Å². The standard InChI is InChI=1S/C11H5Br2ClFNO/c12-8-2-1-7(4-10(8)15)17-11-9(13)3-6(14)5-16-11/h1-5H. The first-order valence-electron chi connectivity index (χ1n) is 4.50. The molecule has 2 aromatic rings. The first-order chi connectivity index (χ1) is 8.06. The maximum absolute atomic E-state index is 13.3. The maximum Gasteiger partial charge on any atom is 0.233 e. The monoisotopic (exact) mass is 379 g/mol. The summed E-state index contributed by atoms with van der Waals surface area (Å²) in [6.07, 6.45) is 1.46. The Morgan fingerprint density at radius 3 is 2.59 bits per heavy atom. The summed E-state index contributed by atoms with van der Waals surface area (Å²) in [7, 11) is 0. The normalized spacial score (nSPS) is 10.4. The third-order valence-electron chi connectivity index (χ3n) is 1.88. The van der Waals surface area contributed by atoms with Crippen LogP contribution in [-0.4, -0.2) is 4.98 Å². The molecule has 0 fully saturated rings. The number of hydrogen-bond donors (Lipinski definition) is 0. The Balaban J connectivity index is 2.28. The molecule has 17 heavy (non-hydrogen) atoms. The molecule has 2 rings (SSSR count). The number of benzene rings is 1. The lowest BCUT2D eigenvalue weighted by atomic mass is 10.3. The van der Waals surface area contributed by atoms with E-state index in [2.05, 4.69) is 36.8 Å². The molecule has 0 saturated heterocycles. The minimum atomic E-state index is -0.396. The molecule has 0 saturated carbocycles. The molecule has 0 radical (unpaired) electrons. The molecule has 2 nitrogen and oxygen atoms in total. The lowest BCUT2D eigenvalue weighted by Crippen LogP contribution is -1.90. The molecule has 0 spiro atoms. The van der Waals surface area contributed by atoms with Crippen LogP contribution in [0.2, 0.25) is 5.02 Å². The molecule has 0 unspecified atom stereocenters. The molecule has 1 heterocycles. The van der Waals surface area contributed by atoms with Gasteiger partial charge < -0.3 is 4.74 Å². The molecule has 1 aromatic heterocycles.